The molecule has 6 nitrogen and oxygen atoms in total. The number of nitrogens with zero attached hydrogens (tertiary/aromatic N) is 4. The van der Waals surface area contributed by atoms with Crippen LogP contribution in [0, 0.1) is 0 Å². The van der Waals surface area contributed by atoms with Gasteiger partial charge in [0.05, 0.1) is 12.8 Å². The Morgan fingerprint density at radius 2 is 2.00 bits per heavy atom. The second kappa shape index (κ2) is 6.95. The molecule has 0 amide bonds. The van der Waals surface area contributed by atoms with Gasteiger partial charge in [-0.05, 0) is 50.2 Å². The van der Waals surface area contributed by atoms with Crippen LogP contribution in [0.4, 0.5) is 5.95 Å². The lowest BCUT2D eigenvalue weighted by Gasteiger charge is -2.05. The number of aliphatic imine (C=N–C) groups is 1. The number of fused-ring (bicyclic) bond motifs is 1. The third-order valence-electron chi connectivity index (χ3n) is 3.46. The van der Waals surface area contributed by atoms with Gasteiger partial charge < -0.3 is 10.1 Å². The zero-order valence-electron chi connectivity index (χ0n) is 13.9. The molecule has 0 aliphatic heterocycles. The predicted molar refractivity (Wildman–Crippen MR) is 96.5 cm³/mol. The molecule has 24 heavy (non-hydrogen) atoms. The molecule has 0 saturated carbocycles. The highest BCUT2D eigenvalue weighted by Gasteiger charge is 2.09. The first-order chi connectivity index (χ1) is 11.7. The molecule has 1 N–H and O–H groups in total. The molecular formula is C18H19N5O. The molecule has 0 bridgehead atoms. The van der Waals surface area contributed by atoms with Crippen molar-refractivity contribution in [3.05, 3.63) is 54.7 Å². The van der Waals surface area contributed by atoms with Gasteiger partial charge in [-0.3, -0.25) is 0 Å². The lowest BCUT2D eigenvalue weighted by Crippen LogP contribution is -2.08. The summed E-state index contributed by atoms with van der Waals surface area (Å²) >= 11 is 0. The van der Waals surface area contributed by atoms with Crippen LogP contribution >= 0.6 is 0 Å². The van der Waals surface area contributed by atoms with E-state index in [1.807, 2.05) is 66.9 Å². The average Bonchev–Trinajstić information content (AvgIpc) is 3.02. The number of hydrogen-bond acceptors (Lipinski definition) is 4. The molecule has 0 saturated heterocycles. The van der Waals surface area contributed by atoms with E-state index in [-0.39, 0.29) is 0 Å². The van der Waals surface area contributed by atoms with E-state index in [4.69, 9.17) is 4.74 Å². The second-order valence-electron chi connectivity index (χ2n) is 5.17. The fraction of sp³-hybridized carbons (Fsp3) is 0.167. The Labute approximate surface area is 140 Å². The molecule has 0 unspecified atom stereocenters. The molecule has 0 aliphatic rings. The van der Waals surface area contributed by atoms with E-state index in [9.17, 15) is 0 Å². The van der Waals surface area contributed by atoms with Crippen molar-refractivity contribution < 1.29 is 4.74 Å². The van der Waals surface area contributed by atoms with Crippen LogP contribution < -0.4 is 10.1 Å². The van der Waals surface area contributed by atoms with E-state index in [1.54, 1.807) is 13.3 Å². The maximum Gasteiger partial charge on any atom is 0.248 e. The molecule has 0 aliphatic carbocycles. The van der Waals surface area contributed by atoms with Crippen molar-refractivity contribution in [2.24, 2.45) is 4.99 Å². The number of ether oxygens (including phenoxy) is 1. The summed E-state index contributed by atoms with van der Waals surface area (Å²) in [6.07, 6.45) is 3.59. The molecular weight excluding hydrogens is 302 g/mol. The number of benzene rings is 1. The fourth-order valence-electron chi connectivity index (χ4n) is 2.32. The summed E-state index contributed by atoms with van der Waals surface area (Å²) in [5.41, 5.74) is 2.76. The highest BCUT2D eigenvalue weighted by Crippen LogP contribution is 2.23. The molecule has 2 aromatic heterocycles. The number of rotatable bonds is 4. The number of nitrogens with one attached hydrogen (secondary N) is 1. The molecule has 2 heterocycles. The van der Waals surface area contributed by atoms with Crippen LogP contribution in [-0.2, 0) is 0 Å². The lowest BCUT2D eigenvalue weighted by atomic mass is 10.1. The number of aromatic nitrogens is 3. The molecule has 0 atom stereocenters. The molecule has 122 valence electrons. The molecule has 1 aromatic carbocycles. The Morgan fingerprint density at radius 3 is 2.71 bits per heavy atom. The van der Waals surface area contributed by atoms with Crippen molar-refractivity contribution in [2.75, 3.05) is 12.4 Å². The number of hydrogen-bond donors (Lipinski definition) is 1. The van der Waals surface area contributed by atoms with E-state index in [0.717, 1.165) is 28.5 Å². The number of anilines is 1. The quantitative estimate of drug-likeness (QED) is 0.587. The van der Waals surface area contributed by atoms with Gasteiger partial charge in [-0.1, -0.05) is 12.1 Å². The van der Waals surface area contributed by atoms with E-state index in [2.05, 4.69) is 20.4 Å². The highest BCUT2D eigenvalue weighted by atomic mass is 16.5. The Balaban J connectivity index is 1.97. The first kappa shape index (κ1) is 15.7. The number of amidine groups is 1. The Bertz CT molecular complexity index is 893. The van der Waals surface area contributed by atoms with E-state index >= 15 is 0 Å². The standard InChI is InChI=1S/C18H19N5O/c1-4-12-19-13(2)20-18-21-17-7-5-6-16(23(17)22-18)14-8-10-15(24-3)11-9-14/h4-12H,1-3H3,(H,19,20,22)/b12-4-. The Kier molecular flexibility index (Phi) is 4.56. The topological polar surface area (TPSA) is 63.8 Å². The second-order valence-corrected chi connectivity index (χ2v) is 5.17. The van der Waals surface area contributed by atoms with Crippen molar-refractivity contribution in [3.8, 4) is 17.0 Å². The van der Waals surface area contributed by atoms with Crippen molar-refractivity contribution in [1.29, 1.82) is 0 Å². The maximum atomic E-state index is 5.21. The van der Waals surface area contributed by atoms with Gasteiger partial charge in [0.2, 0.25) is 5.95 Å². The zero-order valence-corrected chi connectivity index (χ0v) is 13.9. The molecule has 0 spiro atoms. The summed E-state index contributed by atoms with van der Waals surface area (Å²) in [6.45, 7) is 3.79. The van der Waals surface area contributed by atoms with E-state index in [1.165, 1.54) is 0 Å². The Hall–Kier alpha value is -3.15. The molecule has 3 rings (SSSR count). The third kappa shape index (κ3) is 3.27. The minimum Gasteiger partial charge on any atom is -0.497 e. The monoisotopic (exact) mass is 321 g/mol. The van der Waals surface area contributed by atoms with E-state index in [0.29, 0.717) is 5.95 Å². The van der Waals surface area contributed by atoms with Crippen LogP contribution in [0.25, 0.3) is 16.9 Å². The van der Waals surface area contributed by atoms with Crippen molar-refractivity contribution in [1.82, 2.24) is 14.6 Å². The molecule has 3 aromatic rings. The summed E-state index contributed by atoms with van der Waals surface area (Å²) in [5.74, 6) is 2.07. The van der Waals surface area contributed by atoms with Gasteiger partial charge in [0.25, 0.3) is 0 Å². The third-order valence-corrected chi connectivity index (χ3v) is 3.46. The predicted octanol–water partition coefficient (Wildman–Crippen LogP) is 3.77. The molecule has 0 fully saturated rings. The largest absolute Gasteiger partial charge is 0.497 e. The van der Waals surface area contributed by atoms with Crippen molar-refractivity contribution in [2.45, 2.75) is 13.8 Å². The smallest absolute Gasteiger partial charge is 0.248 e. The lowest BCUT2D eigenvalue weighted by molar-refractivity contribution is 0.415. The highest BCUT2D eigenvalue weighted by molar-refractivity contribution is 5.92. The minimum atomic E-state index is 0.515. The summed E-state index contributed by atoms with van der Waals surface area (Å²) in [5, 5.41) is 7.64. The first-order valence-electron chi connectivity index (χ1n) is 7.64. The molecule has 0 radical (unpaired) electrons. The van der Waals surface area contributed by atoms with Crippen LogP contribution in [0.2, 0.25) is 0 Å². The van der Waals surface area contributed by atoms with Crippen LogP contribution in [0.3, 0.4) is 0 Å². The molecule has 6 heteroatoms. The summed E-state index contributed by atoms with van der Waals surface area (Å²) in [6, 6.07) is 13.8. The van der Waals surface area contributed by atoms with Gasteiger partial charge in [0, 0.05) is 11.8 Å². The van der Waals surface area contributed by atoms with Gasteiger partial charge in [0.15, 0.2) is 5.65 Å². The van der Waals surface area contributed by atoms with Gasteiger partial charge in [0.1, 0.15) is 11.6 Å². The SMILES string of the molecule is C/C=C\N=C(C)Nc1nc2cccc(-c3ccc(OC)cc3)n2n1. The van der Waals surface area contributed by atoms with Gasteiger partial charge >= 0.3 is 0 Å². The summed E-state index contributed by atoms with van der Waals surface area (Å²) in [7, 11) is 1.66. The van der Waals surface area contributed by atoms with Gasteiger partial charge in [-0.15, -0.1) is 5.10 Å². The normalized spacial score (nSPS) is 12.0. The van der Waals surface area contributed by atoms with Crippen LogP contribution in [0.5, 0.6) is 5.75 Å². The average molecular weight is 321 g/mol. The van der Waals surface area contributed by atoms with Gasteiger partial charge in [-0.25, -0.2) is 9.51 Å². The number of pyridine rings is 1. The van der Waals surface area contributed by atoms with E-state index < -0.39 is 0 Å². The maximum absolute atomic E-state index is 5.21. The van der Waals surface area contributed by atoms with Crippen molar-refractivity contribution in [3.63, 3.8) is 0 Å². The minimum absolute atomic E-state index is 0.515. The summed E-state index contributed by atoms with van der Waals surface area (Å²) in [4.78, 5) is 8.72. The first-order valence-corrected chi connectivity index (χ1v) is 7.64. The number of allylic oxidation sites excluding steroid dienone is 1. The number of methoxy groups -OCH3 is 1. The van der Waals surface area contributed by atoms with Crippen molar-refractivity contribution >= 4 is 17.4 Å². The van der Waals surface area contributed by atoms with Crippen LogP contribution in [-0.4, -0.2) is 27.5 Å². The van der Waals surface area contributed by atoms with Crippen LogP contribution in [0.1, 0.15) is 13.8 Å². The van der Waals surface area contributed by atoms with Crippen LogP contribution in [0.15, 0.2) is 59.7 Å². The van der Waals surface area contributed by atoms with Gasteiger partial charge in [-0.2, -0.15) is 4.98 Å². The summed E-state index contributed by atoms with van der Waals surface area (Å²) < 4.78 is 7.02. The zero-order chi connectivity index (χ0) is 16.9. The Morgan fingerprint density at radius 1 is 1.21 bits per heavy atom. The fourth-order valence-corrected chi connectivity index (χ4v) is 2.32.